The van der Waals surface area contributed by atoms with Gasteiger partial charge in [0.25, 0.3) is 0 Å². The SMILES string of the molecule is Cc1cccc(C)c1C(CN)CN1CCCC(C)C1. The van der Waals surface area contributed by atoms with Crippen LogP contribution in [0.4, 0.5) is 0 Å². The third kappa shape index (κ3) is 3.58. The Morgan fingerprint density at radius 2 is 2.00 bits per heavy atom. The standard InChI is InChI=1S/C17H28N2/c1-13-6-5-9-19(11-13)12-16(10-18)17-14(2)7-4-8-15(17)3/h4,7-8,13,16H,5-6,9-12,18H2,1-3H3. The largest absolute Gasteiger partial charge is 0.330 e. The monoisotopic (exact) mass is 260 g/mol. The summed E-state index contributed by atoms with van der Waals surface area (Å²) in [6.07, 6.45) is 2.72. The van der Waals surface area contributed by atoms with E-state index < -0.39 is 0 Å². The van der Waals surface area contributed by atoms with Gasteiger partial charge in [-0.05, 0) is 55.8 Å². The zero-order chi connectivity index (χ0) is 13.8. The first-order valence-electron chi connectivity index (χ1n) is 7.60. The van der Waals surface area contributed by atoms with Gasteiger partial charge in [0.2, 0.25) is 0 Å². The molecular weight excluding hydrogens is 232 g/mol. The van der Waals surface area contributed by atoms with Crippen molar-refractivity contribution in [2.45, 2.75) is 39.5 Å². The Morgan fingerprint density at radius 1 is 1.32 bits per heavy atom. The molecule has 2 nitrogen and oxygen atoms in total. The molecule has 19 heavy (non-hydrogen) atoms. The predicted octanol–water partition coefficient (Wildman–Crippen LogP) is 3.08. The minimum absolute atomic E-state index is 0.478. The summed E-state index contributed by atoms with van der Waals surface area (Å²) in [6, 6.07) is 6.57. The second-order valence-corrected chi connectivity index (χ2v) is 6.25. The van der Waals surface area contributed by atoms with Crippen LogP contribution >= 0.6 is 0 Å². The number of likely N-dealkylation sites (tertiary alicyclic amines) is 1. The molecule has 0 amide bonds. The van der Waals surface area contributed by atoms with E-state index >= 15 is 0 Å². The van der Waals surface area contributed by atoms with Gasteiger partial charge in [-0.15, -0.1) is 0 Å². The number of piperidine rings is 1. The zero-order valence-corrected chi connectivity index (χ0v) is 12.7. The highest BCUT2D eigenvalue weighted by Gasteiger charge is 2.22. The molecule has 106 valence electrons. The summed E-state index contributed by atoms with van der Waals surface area (Å²) in [5.74, 6) is 1.32. The van der Waals surface area contributed by atoms with Crippen LogP contribution in [0.25, 0.3) is 0 Å². The molecule has 2 heteroatoms. The van der Waals surface area contributed by atoms with Gasteiger partial charge in [-0.2, -0.15) is 0 Å². The molecule has 0 aromatic heterocycles. The third-order valence-corrected chi connectivity index (χ3v) is 4.45. The minimum atomic E-state index is 0.478. The lowest BCUT2D eigenvalue weighted by molar-refractivity contribution is 0.174. The second-order valence-electron chi connectivity index (χ2n) is 6.25. The van der Waals surface area contributed by atoms with Gasteiger partial charge in [-0.3, -0.25) is 0 Å². The number of hydrogen-bond acceptors (Lipinski definition) is 2. The van der Waals surface area contributed by atoms with Crippen molar-refractivity contribution in [3.63, 3.8) is 0 Å². The number of benzene rings is 1. The Morgan fingerprint density at radius 3 is 2.58 bits per heavy atom. The molecule has 2 unspecified atom stereocenters. The van der Waals surface area contributed by atoms with E-state index in [1.807, 2.05) is 0 Å². The summed E-state index contributed by atoms with van der Waals surface area (Å²) in [5.41, 5.74) is 10.3. The second kappa shape index (κ2) is 6.53. The topological polar surface area (TPSA) is 29.3 Å². The maximum atomic E-state index is 6.07. The lowest BCUT2D eigenvalue weighted by Crippen LogP contribution is -2.39. The fraction of sp³-hybridized carbons (Fsp3) is 0.647. The van der Waals surface area contributed by atoms with Crippen molar-refractivity contribution in [3.05, 3.63) is 34.9 Å². The number of rotatable bonds is 4. The minimum Gasteiger partial charge on any atom is -0.330 e. The van der Waals surface area contributed by atoms with Crippen LogP contribution in [0.15, 0.2) is 18.2 Å². The first-order valence-corrected chi connectivity index (χ1v) is 7.60. The maximum Gasteiger partial charge on any atom is 0.00940 e. The van der Waals surface area contributed by atoms with E-state index in [0.29, 0.717) is 5.92 Å². The molecule has 1 aromatic carbocycles. The van der Waals surface area contributed by atoms with Crippen LogP contribution in [0.1, 0.15) is 42.4 Å². The van der Waals surface area contributed by atoms with E-state index in [4.69, 9.17) is 5.73 Å². The summed E-state index contributed by atoms with van der Waals surface area (Å²) < 4.78 is 0. The Balaban J connectivity index is 2.11. The molecule has 2 atom stereocenters. The highest BCUT2D eigenvalue weighted by Crippen LogP contribution is 2.26. The number of hydrogen-bond donors (Lipinski definition) is 1. The van der Waals surface area contributed by atoms with Crippen molar-refractivity contribution in [2.24, 2.45) is 11.7 Å². The van der Waals surface area contributed by atoms with Crippen molar-refractivity contribution >= 4 is 0 Å². The first kappa shape index (κ1) is 14.5. The number of nitrogens with two attached hydrogens (primary N) is 1. The molecule has 1 aliphatic rings. The lowest BCUT2D eigenvalue weighted by atomic mass is 9.89. The maximum absolute atomic E-state index is 6.07. The molecule has 0 aliphatic carbocycles. The molecule has 0 saturated carbocycles. The molecular formula is C17H28N2. The summed E-state index contributed by atoms with van der Waals surface area (Å²) >= 11 is 0. The van der Waals surface area contributed by atoms with Gasteiger partial charge < -0.3 is 10.6 Å². The summed E-state index contributed by atoms with van der Waals surface area (Å²) in [4.78, 5) is 2.61. The van der Waals surface area contributed by atoms with Crippen LogP contribution in [0.2, 0.25) is 0 Å². The van der Waals surface area contributed by atoms with Crippen molar-refractivity contribution in [1.29, 1.82) is 0 Å². The number of aryl methyl sites for hydroxylation is 2. The molecule has 1 heterocycles. The quantitative estimate of drug-likeness (QED) is 0.901. The summed E-state index contributed by atoms with van der Waals surface area (Å²) in [7, 11) is 0. The van der Waals surface area contributed by atoms with Gasteiger partial charge in [-0.25, -0.2) is 0 Å². The van der Waals surface area contributed by atoms with Gasteiger partial charge in [-0.1, -0.05) is 25.1 Å². The third-order valence-electron chi connectivity index (χ3n) is 4.45. The summed E-state index contributed by atoms with van der Waals surface area (Å²) in [6.45, 7) is 11.1. The van der Waals surface area contributed by atoms with E-state index in [1.165, 1.54) is 42.6 Å². The fourth-order valence-electron chi connectivity index (χ4n) is 3.52. The van der Waals surface area contributed by atoms with Gasteiger partial charge in [0.05, 0.1) is 0 Å². The molecule has 2 rings (SSSR count). The molecule has 1 aliphatic heterocycles. The average molecular weight is 260 g/mol. The molecule has 1 saturated heterocycles. The highest BCUT2D eigenvalue weighted by molar-refractivity contribution is 5.37. The first-order chi connectivity index (χ1) is 9.11. The number of nitrogens with zero attached hydrogens (tertiary/aromatic N) is 1. The lowest BCUT2D eigenvalue weighted by Gasteiger charge is -2.34. The van der Waals surface area contributed by atoms with Crippen LogP contribution in [0.3, 0.4) is 0 Å². The Bertz CT molecular complexity index is 393. The highest BCUT2D eigenvalue weighted by atomic mass is 15.1. The fourth-order valence-corrected chi connectivity index (χ4v) is 3.52. The smallest absolute Gasteiger partial charge is 0.00940 e. The molecule has 0 radical (unpaired) electrons. The average Bonchev–Trinajstić information content (AvgIpc) is 2.37. The van der Waals surface area contributed by atoms with E-state index in [-0.39, 0.29) is 0 Å². The Kier molecular flexibility index (Phi) is 5.00. The molecule has 1 aromatic rings. The molecule has 0 bridgehead atoms. The normalized spacial score (nSPS) is 22.4. The van der Waals surface area contributed by atoms with Crippen LogP contribution in [-0.2, 0) is 0 Å². The van der Waals surface area contributed by atoms with Crippen molar-refractivity contribution in [3.8, 4) is 0 Å². The van der Waals surface area contributed by atoms with Gasteiger partial charge in [0, 0.05) is 25.6 Å². The van der Waals surface area contributed by atoms with Crippen molar-refractivity contribution in [1.82, 2.24) is 4.90 Å². The molecule has 2 N–H and O–H groups in total. The van der Waals surface area contributed by atoms with E-state index in [0.717, 1.165) is 19.0 Å². The predicted molar refractivity (Wildman–Crippen MR) is 82.5 cm³/mol. The Hall–Kier alpha value is -0.860. The van der Waals surface area contributed by atoms with Gasteiger partial charge >= 0.3 is 0 Å². The molecule has 0 spiro atoms. The van der Waals surface area contributed by atoms with Crippen LogP contribution in [-0.4, -0.2) is 31.1 Å². The Labute approximate surface area is 118 Å². The van der Waals surface area contributed by atoms with Crippen LogP contribution in [0.5, 0.6) is 0 Å². The van der Waals surface area contributed by atoms with E-state index in [1.54, 1.807) is 0 Å². The van der Waals surface area contributed by atoms with Crippen LogP contribution < -0.4 is 5.73 Å². The van der Waals surface area contributed by atoms with Crippen LogP contribution in [0, 0.1) is 19.8 Å². The van der Waals surface area contributed by atoms with E-state index in [9.17, 15) is 0 Å². The summed E-state index contributed by atoms with van der Waals surface area (Å²) in [5, 5.41) is 0. The van der Waals surface area contributed by atoms with Gasteiger partial charge in [0.15, 0.2) is 0 Å². The molecule has 1 fully saturated rings. The van der Waals surface area contributed by atoms with Crippen molar-refractivity contribution < 1.29 is 0 Å². The van der Waals surface area contributed by atoms with E-state index in [2.05, 4.69) is 43.9 Å². The zero-order valence-electron chi connectivity index (χ0n) is 12.7. The van der Waals surface area contributed by atoms with Gasteiger partial charge in [0.1, 0.15) is 0 Å². The van der Waals surface area contributed by atoms with Crippen molar-refractivity contribution in [2.75, 3.05) is 26.2 Å².